The average Bonchev–Trinajstić information content (AvgIpc) is 3.12. The fraction of sp³-hybridized carbons (Fsp3) is 0. The number of carbonyl (C=O) groups is 1. The van der Waals surface area contributed by atoms with E-state index in [4.69, 9.17) is 5.26 Å². The van der Waals surface area contributed by atoms with Crippen LogP contribution in [0.1, 0.15) is 15.9 Å². The third-order valence-corrected chi connectivity index (χ3v) is 4.14. The zero-order valence-corrected chi connectivity index (χ0v) is 13.8. The predicted molar refractivity (Wildman–Crippen MR) is 100 cm³/mol. The standard InChI is InChI=1S/C21H14N4O/c22-13-15-9-11-16(12-10-15)21(26)24-18-6-2-4-8-20(18)25-14-23-17-5-1-3-7-19(17)25/h1-12,14H,(H,24,26). The Labute approximate surface area is 150 Å². The van der Waals surface area contributed by atoms with E-state index in [-0.39, 0.29) is 5.91 Å². The molecule has 0 saturated heterocycles. The monoisotopic (exact) mass is 338 g/mol. The van der Waals surface area contributed by atoms with Crippen molar-refractivity contribution in [1.29, 1.82) is 5.26 Å². The largest absolute Gasteiger partial charge is 0.320 e. The number of rotatable bonds is 3. The zero-order valence-electron chi connectivity index (χ0n) is 13.8. The van der Waals surface area contributed by atoms with E-state index in [1.807, 2.05) is 59.2 Å². The Kier molecular flexibility index (Phi) is 3.92. The van der Waals surface area contributed by atoms with Crippen molar-refractivity contribution < 1.29 is 4.79 Å². The number of carbonyl (C=O) groups excluding carboxylic acids is 1. The zero-order chi connectivity index (χ0) is 17.9. The minimum atomic E-state index is -0.230. The summed E-state index contributed by atoms with van der Waals surface area (Å²) in [6.45, 7) is 0. The van der Waals surface area contributed by atoms with Gasteiger partial charge in [-0.15, -0.1) is 0 Å². The molecule has 0 aliphatic rings. The van der Waals surface area contributed by atoms with Crippen molar-refractivity contribution >= 4 is 22.6 Å². The Balaban J connectivity index is 1.70. The molecule has 0 radical (unpaired) electrons. The molecule has 124 valence electrons. The number of nitrogens with one attached hydrogen (secondary N) is 1. The third kappa shape index (κ3) is 2.80. The highest BCUT2D eigenvalue weighted by atomic mass is 16.1. The number of anilines is 1. The van der Waals surface area contributed by atoms with Gasteiger partial charge in [-0.05, 0) is 48.5 Å². The summed E-state index contributed by atoms with van der Waals surface area (Å²) in [5.41, 5.74) is 4.39. The van der Waals surface area contributed by atoms with Gasteiger partial charge in [0.25, 0.3) is 5.91 Å². The Morgan fingerprint density at radius 2 is 1.69 bits per heavy atom. The number of fused-ring (bicyclic) bond motifs is 1. The van der Waals surface area contributed by atoms with Crippen LogP contribution in [0.15, 0.2) is 79.1 Å². The van der Waals surface area contributed by atoms with Crippen molar-refractivity contribution in [2.45, 2.75) is 0 Å². The van der Waals surface area contributed by atoms with Crippen LogP contribution in [-0.2, 0) is 0 Å². The number of imidazole rings is 1. The first-order valence-electron chi connectivity index (χ1n) is 8.09. The maximum Gasteiger partial charge on any atom is 0.255 e. The van der Waals surface area contributed by atoms with Gasteiger partial charge in [0.2, 0.25) is 0 Å². The first kappa shape index (κ1) is 15.6. The minimum Gasteiger partial charge on any atom is -0.320 e. The summed E-state index contributed by atoms with van der Waals surface area (Å²) < 4.78 is 1.95. The first-order chi connectivity index (χ1) is 12.8. The van der Waals surface area contributed by atoms with Crippen molar-refractivity contribution in [2.75, 3.05) is 5.32 Å². The first-order valence-corrected chi connectivity index (χ1v) is 8.09. The molecular weight excluding hydrogens is 324 g/mol. The van der Waals surface area contributed by atoms with Crippen LogP contribution < -0.4 is 5.32 Å². The van der Waals surface area contributed by atoms with E-state index in [0.717, 1.165) is 16.7 Å². The van der Waals surface area contributed by atoms with Gasteiger partial charge < -0.3 is 5.32 Å². The van der Waals surface area contributed by atoms with E-state index in [2.05, 4.69) is 10.3 Å². The van der Waals surface area contributed by atoms with Crippen LogP contribution >= 0.6 is 0 Å². The molecule has 0 aliphatic heterocycles. The number of benzene rings is 3. The van der Waals surface area contributed by atoms with Gasteiger partial charge in [0.1, 0.15) is 6.33 Å². The number of hydrogen-bond donors (Lipinski definition) is 1. The molecule has 0 atom stereocenters. The van der Waals surface area contributed by atoms with Gasteiger partial charge in [-0.2, -0.15) is 5.26 Å². The summed E-state index contributed by atoms with van der Waals surface area (Å²) in [4.78, 5) is 17.0. The Hall–Kier alpha value is -3.91. The highest BCUT2D eigenvalue weighted by molar-refractivity contribution is 6.05. The molecule has 0 bridgehead atoms. The van der Waals surface area contributed by atoms with Crippen LogP contribution in [0.5, 0.6) is 0 Å². The molecule has 0 unspecified atom stereocenters. The lowest BCUT2D eigenvalue weighted by atomic mass is 10.1. The van der Waals surface area contributed by atoms with Crippen LogP contribution in [0.3, 0.4) is 0 Å². The Morgan fingerprint density at radius 3 is 2.50 bits per heavy atom. The highest BCUT2D eigenvalue weighted by Crippen LogP contribution is 2.25. The number of hydrogen-bond acceptors (Lipinski definition) is 3. The number of nitriles is 1. The number of aromatic nitrogens is 2. The molecule has 0 saturated carbocycles. The van der Waals surface area contributed by atoms with Crippen LogP contribution in [0, 0.1) is 11.3 Å². The summed E-state index contributed by atoms with van der Waals surface area (Å²) >= 11 is 0. The summed E-state index contributed by atoms with van der Waals surface area (Å²) in [7, 11) is 0. The van der Waals surface area contributed by atoms with Gasteiger partial charge >= 0.3 is 0 Å². The molecule has 1 amide bonds. The van der Waals surface area contributed by atoms with Gasteiger partial charge in [0.15, 0.2) is 0 Å². The maximum absolute atomic E-state index is 12.6. The summed E-state index contributed by atoms with van der Waals surface area (Å²) in [5, 5.41) is 11.8. The van der Waals surface area contributed by atoms with Crippen LogP contribution in [0.25, 0.3) is 16.7 Å². The van der Waals surface area contributed by atoms with Crippen molar-refractivity contribution in [2.24, 2.45) is 0 Å². The van der Waals surface area contributed by atoms with E-state index in [1.54, 1.807) is 30.6 Å². The van der Waals surface area contributed by atoms with E-state index >= 15 is 0 Å². The lowest BCUT2D eigenvalue weighted by Gasteiger charge is -2.12. The lowest BCUT2D eigenvalue weighted by molar-refractivity contribution is 0.102. The molecule has 4 aromatic rings. The molecule has 0 spiro atoms. The van der Waals surface area contributed by atoms with Crippen molar-refractivity contribution in [1.82, 2.24) is 9.55 Å². The summed E-state index contributed by atoms with van der Waals surface area (Å²) in [5.74, 6) is -0.230. The quantitative estimate of drug-likeness (QED) is 0.610. The second kappa shape index (κ2) is 6.54. The lowest BCUT2D eigenvalue weighted by Crippen LogP contribution is -2.13. The van der Waals surface area contributed by atoms with E-state index in [9.17, 15) is 4.79 Å². The molecule has 26 heavy (non-hydrogen) atoms. The Bertz CT molecular complexity index is 1140. The highest BCUT2D eigenvalue weighted by Gasteiger charge is 2.12. The van der Waals surface area contributed by atoms with Gasteiger partial charge in [-0.1, -0.05) is 24.3 Å². The molecule has 1 N–H and O–H groups in total. The van der Waals surface area contributed by atoms with Crippen molar-refractivity contribution in [3.8, 4) is 11.8 Å². The van der Waals surface area contributed by atoms with Gasteiger partial charge in [-0.3, -0.25) is 9.36 Å². The average molecular weight is 338 g/mol. The maximum atomic E-state index is 12.6. The molecular formula is C21H14N4O. The molecule has 0 fully saturated rings. The molecule has 1 heterocycles. The molecule has 5 nitrogen and oxygen atoms in total. The minimum absolute atomic E-state index is 0.230. The molecule has 0 aliphatic carbocycles. The smallest absolute Gasteiger partial charge is 0.255 e. The van der Waals surface area contributed by atoms with Gasteiger partial charge in [-0.25, -0.2) is 4.98 Å². The Morgan fingerprint density at radius 1 is 0.962 bits per heavy atom. The number of nitrogens with zero attached hydrogens (tertiary/aromatic N) is 3. The normalized spacial score (nSPS) is 10.4. The van der Waals surface area contributed by atoms with Gasteiger partial charge in [0.05, 0.1) is 34.0 Å². The van der Waals surface area contributed by atoms with E-state index in [1.165, 1.54) is 0 Å². The molecule has 1 aromatic heterocycles. The number of amides is 1. The van der Waals surface area contributed by atoms with Crippen LogP contribution in [0.4, 0.5) is 5.69 Å². The summed E-state index contributed by atoms with van der Waals surface area (Å²) in [6, 6.07) is 24.0. The topological polar surface area (TPSA) is 70.7 Å². The molecule has 5 heteroatoms. The molecule has 4 rings (SSSR count). The van der Waals surface area contributed by atoms with Crippen molar-refractivity contribution in [3.05, 3.63) is 90.3 Å². The third-order valence-electron chi connectivity index (χ3n) is 4.14. The second-order valence-corrected chi connectivity index (χ2v) is 5.76. The number of para-hydroxylation sites is 4. The predicted octanol–water partition coefficient (Wildman–Crippen LogP) is 4.15. The fourth-order valence-corrected chi connectivity index (χ4v) is 2.83. The van der Waals surface area contributed by atoms with Crippen LogP contribution in [-0.4, -0.2) is 15.5 Å². The van der Waals surface area contributed by atoms with E-state index in [0.29, 0.717) is 16.8 Å². The van der Waals surface area contributed by atoms with Crippen LogP contribution in [0.2, 0.25) is 0 Å². The SMILES string of the molecule is N#Cc1ccc(C(=O)Nc2ccccc2-n2cnc3ccccc32)cc1. The van der Waals surface area contributed by atoms with E-state index < -0.39 is 0 Å². The molecule has 3 aromatic carbocycles. The van der Waals surface area contributed by atoms with Crippen molar-refractivity contribution in [3.63, 3.8) is 0 Å². The second-order valence-electron chi connectivity index (χ2n) is 5.76. The summed E-state index contributed by atoms with van der Waals surface area (Å²) in [6.07, 6.45) is 1.75. The fourth-order valence-electron chi connectivity index (χ4n) is 2.83. The van der Waals surface area contributed by atoms with Gasteiger partial charge in [0, 0.05) is 5.56 Å².